The van der Waals surface area contributed by atoms with Crippen molar-refractivity contribution < 1.29 is 5.11 Å². The highest BCUT2D eigenvalue weighted by atomic mass is 16.3. The van der Waals surface area contributed by atoms with E-state index in [1.54, 1.807) is 25.0 Å². The summed E-state index contributed by atoms with van der Waals surface area (Å²) in [5, 5.41) is 18.2. The van der Waals surface area contributed by atoms with Crippen LogP contribution in [0.25, 0.3) is 0 Å². The Kier molecular flexibility index (Phi) is 4.07. The number of aromatic nitrogens is 5. The Bertz CT molecular complexity index is 842. The highest BCUT2D eigenvalue weighted by molar-refractivity contribution is 5.48. The number of nitrogens with one attached hydrogen (secondary N) is 1. The van der Waals surface area contributed by atoms with Gasteiger partial charge in [0.25, 0.3) is 0 Å². The van der Waals surface area contributed by atoms with Crippen LogP contribution in [-0.4, -0.2) is 42.1 Å². The van der Waals surface area contributed by atoms with Gasteiger partial charge in [0.05, 0.1) is 6.10 Å². The van der Waals surface area contributed by atoms with Crippen molar-refractivity contribution in [2.45, 2.75) is 44.1 Å². The summed E-state index contributed by atoms with van der Waals surface area (Å²) in [6, 6.07) is 0. The van der Waals surface area contributed by atoms with Crippen molar-refractivity contribution in [3.05, 3.63) is 33.9 Å². The second kappa shape index (κ2) is 6.25. The molecule has 8 heteroatoms. The molecule has 2 aliphatic carbocycles. The summed E-state index contributed by atoms with van der Waals surface area (Å²) in [6.45, 7) is 0.669. The molecule has 3 atom stereocenters. The quantitative estimate of drug-likeness (QED) is 0.831. The number of aliphatic hydroxyl groups is 1. The Morgan fingerprint density at radius 3 is 2.88 bits per heavy atom. The summed E-state index contributed by atoms with van der Waals surface area (Å²) in [6.07, 6.45) is 5.84. The first kappa shape index (κ1) is 16.3. The van der Waals surface area contributed by atoms with Crippen LogP contribution < -0.4 is 11.0 Å². The van der Waals surface area contributed by atoms with E-state index in [0.29, 0.717) is 13.0 Å². The molecule has 0 spiro atoms. The number of nitrogens with zero attached hydrogens (tertiary/aromatic N) is 5. The minimum absolute atomic E-state index is 0.108. The number of fused-ring (bicyclic) bond motifs is 1. The fraction of sp³-hybridized carbons (Fsp3) is 0.647. The number of hydrogen-bond donors (Lipinski definition) is 2. The number of rotatable bonds is 4. The van der Waals surface area contributed by atoms with Gasteiger partial charge in [-0.15, -0.1) is 0 Å². The summed E-state index contributed by atoms with van der Waals surface area (Å²) in [5.74, 6) is 1.89. The van der Waals surface area contributed by atoms with Gasteiger partial charge in [-0.25, -0.2) is 19.4 Å². The molecule has 2 heterocycles. The molecule has 0 aromatic carbocycles. The number of aliphatic hydroxyl groups excluding tert-OH is 1. The Morgan fingerprint density at radius 1 is 1.28 bits per heavy atom. The topological polar surface area (TPSA) is 97.9 Å². The molecule has 4 rings (SSSR count). The van der Waals surface area contributed by atoms with E-state index in [9.17, 15) is 9.90 Å². The molecule has 2 aliphatic rings. The van der Waals surface area contributed by atoms with Crippen LogP contribution in [0.15, 0.2) is 11.1 Å². The van der Waals surface area contributed by atoms with Crippen molar-refractivity contribution >= 4 is 5.82 Å². The molecular weight excluding hydrogens is 320 g/mol. The van der Waals surface area contributed by atoms with Crippen LogP contribution in [0.2, 0.25) is 0 Å². The maximum atomic E-state index is 11.9. The maximum absolute atomic E-state index is 11.9. The monoisotopic (exact) mass is 344 g/mol. The molecule has 0 amide bonds. The van der Waals surface area contributed by atoms with Gasteiger partial charge in [0.2, 0.25) is 0 Å². The minimum atomic E-state index is -0.399. The molecule has 0 bridgehead atoms. The van der Waals surface area contributed by atoms with Crippen LogP contribution >= 0.6 is 0 Å². The lowest BCUT2D eigenvalue weighted by molar-refractivity contribution is 0.137. The molecule has 0 radical (unpaired) electrons. The summed E-state index contributed by atoms with van der Waals surface area (Å²) >= 11 is 0. The van der Waals surface area contributed by atoms with E-state index in [1.807, 2.05) is 0 Å². The molecule has 8 nitrogen and oxygen atoms in total. The normalized spacial score (nSPS) is 25.3. The van der Waals surface area contributed by atoms with E-state index in [4.69, 9.17) is 0 Å². The first-order valence-corrected chi connectivity index (χ1v) is 8.89. The van der Waals surface area contributed by atoms with E-state index in [2.05, 4.69) is 20.4 Å². The lowest BCUT2D eigenvalue weighted by Gasteiger charge is -2.16. The molecule has 2 aromatic rings. The van der Waals surface area contributed by atoms with E-state index in [-0.39, 0.29) is 17.5 Å². The van der Waals surface area contributed by atoms with E-state index in [1.165, 1.54) is 10.2 Å². The maximum Gasteiger partial charge on any atom is 0.345 e. The number of anilines is 1. The van der Waals surface area contributed by atoms with Gasteiger partial charge in [0.1, 0.15) is 18.0 Å². The van der Waals surface area contributed by atoms with Crippen LogP contribution in [0.3, 0.4) is 0 Å². The Balaban J connectivity index is 1.45. The fourth-order valence-electron chi connectivity index (χ4n) is 4.21. The molecule has 1 fully saturated rings. The van der Waals surface area contributed by atoms with Crippen LogP contribution in [-0.2, 0) is 26.9 Å². The summed E-state index contributed by atoms with van der Waals surface area (Å²) in [7, 11) is 3.40. The first-order chi connectivity index (χ1) is 12.0. The zero-order chi connectivity index (χ0) is 17.6. The molecular formula is C17H24N6O2. The number of hydrogen-bond acceptors (Lipinski definition) is 6. The van der Waals surface area contributed by atoms with Gasteiger partial charge in [0.15, 0.2) is 0 Å². The van der Waals surface area contributed by atoms with Crippen molar-refractivity contribution in [1.82, 2.24) is 24.3 Å². The van der Waals surface area contributed by atoms with Crippen molar-refractivity contribution in [3.63, 3.8) is 0 Å². The van der Waals surface area contributed by atoms with Crippen molar-refractivity contribution in [2.24, 2.45) is 20.0 Å². The van der Waals surface area contributed by atoms with Crippen LogP contribution in [0.4, 0.5) is 5.82 Å². The third kappa shape index (κ3) is 2.84. The van der Waals surface area contributed by atoms with E-state index < -0.39 is 6.10 Å². The van der Waals surface area contributed by atoms with Gasteiger partial charge in [-0.05, 0) is 32.1 Å². The average molecular weight is 344 g/mol. The summed E-state index contributed by atoms with van der Waals surface area (Å²) in [5.41, 5.74) is 2.24. The third-order valence-corrected chi connectivity index (χ3v) is 5.59. The second-order valence-corrected chi connectivity index (χ2v) is 7.20. The van der Waals surface area contributed by atoms with Gasteiger partial charge in [-0.3, -0.25) is 4.57 Å². The fourth-order valence-corrected chi connectivity index (χ4v) is 4.21. The van der Waals surface area contributed by atoms with Crippen LogP contribution in [0.5, 0.6) is 0 Å². The molecule has 25 heavy (non-hydrogen) atoms. The van der Waals surface area contributed by atoms with Crippen molar-refractivity contribution in [2.75, 3.05) is 11.9 Å². The van der Waals surface area contributed by atoms with Gasteiger partial charge >= 0.3 is 5.69 Å². The Hall–Kier alpha value is -2.22. The highest BCUT2D eigenvalue weighted by Gasteiger charge is 2.36. The van der Waals surface area contributed by atoms with Gasteiger partial charge in [-0.1, -0.05) is 0 Å². The second-order valence-electron chi connectivity index (χ2n) is 7.20. The zero-order valence-electron chi connectivity index (χ0n) is 14.6. The van der Waals surface area contributed by atoms with Crippen LogP contribution in [0, 0.1) is 5.92 Å². The first-order valence-electron chi connectivity index (χ1n) is 8.89. The Morgan fingerprint density at radius 2 is 2.12 bits per heavy atom. The van der Waals surface area contributed by atoms with Gasteiger partial charge in [-0.2, -0.15) is 5.10 Å². The van der Waals surface area contributed by atoms with Crippen molar-refractivity contribution in [1.29, 1.82) is 0 Å². The molecule has 134 valence electrons. The average Bonchev–Trinajstić information content (AvgIpc) is 3.28. The lowest BCUT2D eigenvalue weighted by atomic mass is 10.0. The van der Waals surface area contributed by atoms with Gasteiger partial charge in [0, 0.05) is 43.7 Å². The van der Waals surface area contributed by atoms with Crippen LogP contribution in [0.1, 0.15) is 42.3 Å². The van der Waals surface area contributed by atoms with Crippen molar-refractivity contribution in [3.8, 4) is 0 Å². The predicted octanol–water partition coefficient (Wildman–Crippen LogP) is 0.364. The number of aryl methyl sites for hydroxylation is 2. The third-order valence-electron chi connectivity index (χ3n) is 5.59. The summed E-state index contributed by atoms with van der Waals surface area (Å²) < 4.78 is 2.95. The Labute approximate surface area is 145 Å². The minimum Gasteiger partial charge on any atom is -0.393 e. The molecule has 1 saturated carbocycles. The predicted molar refractivity (Wildman–Crippen MR) is 92.5 cm³/mol. The standard InChI is InChI=1S/C17H24N6O2/c1-22-16(21-23(2)17(22)25)10-6-11(14(24)7-10)8-18-15-12-4-3-5-13(12)19-9-20-15/h9-11,14,24H,3-8H2,1-2H3,(H,18,19,20)/t10-,11+,14+/m0/s1. The molecule has 2 N–H and O–H groups in total. The summed E-state index contributed by atoms with van der Waals surface area (Å²) in [4.78, 5) is 20.6. The molecule has 0 unspecified atom stereocenters. The zero-order valence-corrected chi connectivity index (χ0v) is 14.6. The molecule has 0 aliphatic heterocycles. The SMILES string of the molecule is Cn1nc([C@H]2C[C@H](CNc3ncnc4c3CCC4)[C@H](O)C2)n(C)c1=O. The molecule has 2 aromatic heterocycles. The van der Waals surface area contributed by atoms with E-state index in [0.717, 1.165) is 43.0 Å². The smallest absolute Gasteiger partial charge is 0.345 e. The largest absolute Gasteiger partial charge is 0.393 e. The highest BCUT2D eigenvalue weighted by Crippen LogP contribution is 2.37. The van der Waals surface area contributed by atoms with E-state index >= 15 is 0 Å². The molecule has 0 saturated heterocycles. The lowest BCUT2D eigenvalue weighted by Crippen LogP contribution is -2.22. The van der Waals surface area contributed by atoms with Gasteiger partial charge < -0.3 is 10.4 Å².